The molecule has 5 nitrogen and oxygen atoms in total. The highest BCUT2D eigenvalue weighted by Crippen LogP contribution is 2.31. The second-order valence-electron chi connectivity index (χ2n) is 6.98. The average molecular weight is 378 g/mol. The molecule has 0 aliphatic carbocycles. The Balaban J connectivity index is 2.01. The number of ether oxygens (including phenoxy) is 1. The van der Waals surface area contributed by atoms with Gasteiger partial charge in [-0.15, -0.1) is 0 Å². The molecule has 2 aromatic carbocycles. The number of carbonyl (C=O) groups excluding carboxylic acids is 2. The summed E-state index contributed by atoms with van der Waals surface area (Å²) in [6, 6.07) is 13.3. The fourth-order valence-corrected chi connectivity index (χ4v) is 3.38. The molecule has 2 amide bonds. The lowest BCUT2D eigenvalue weighted by atomic mass is 10.0. The molecule has 0 atom stereocenters. The van der Waals surface area contributed by atoms with E-state index in [0.717, 1.165) is 29.0 Å². The minimum Gasteiger partial charge on any atom is -0.494 e. The topological polar surface area (TPSA) is 58.6 Å². The van der Waals surface area contributed by atoms with Crippen LogP contribution in [0.4, 0.5) is 5.69 Å². The van der Waals surface area contributed by atoms with Gasteiger partial charge in [0.25, 0.3) is 11.8 Å². The van der Waals surface area contributed by atoms with E-state index in [2.05, 4.69) is 11.4 Å². The number of imide groups is 1. The summed E-state index contributed by atoms with van der Waals surface area (Å²) in [6.07, 6.45) is 0.926. The molecule has 3 rings (SSSR count). The third kappa shape index (κ3) is 3.93. The van der Waals surface area contributed by atoms with E-state index in [1.54, 1.807) is 6.92 Å². The highest BCUT2D eigenvalue weighted by atomic mass is 16.5. The molecule has 0 saturated heterocycles. The number of hydrogen-bond donors (Lipinski definition) is 1. The number of rotatable bonds is 7. The van der Waals surface area contributed by atoms with E-state index in [9.17, 15) is 9.59 Å². The van der Waals surface area contributed by atoms with Crippen molar-refractivity contribution in [2.24, 2.45) is 0 Å². The molecule has 0 bridgehead atoms. The first-order valence-corrected chi connectivity index (χ1v) is 9.63. The van der Waals surface area contributed by atoms with Crippen LogP contribution in [0.1, 0.15) is 37.0 Å². The largest absolute Gasteiger partial charge is 0.494 e. The lowest BCUT2D eigenvalue weighted by Gasteiger charge is -2.12. The Morgan fingerprint density at radius 2 is 1.57 bits per heavy atom. The van der Waals surface area contributed by atoms with E-state index >= 15 is 0 Å². The van der Waals surface area contributed by atoms with E-state index in [0.29, 0.717) is 30.0 Å². The number of carbonyl (C=O) groups is 2. The van der Waals surface area contributed by atoms with Gasteiger partial charge in [-0.25, -0.2) is 0 Å². The van der Waals surface area contributed by atoms with Gasteiger partial charge in [0.2, 0.25) is 0 Å². The smallest absolute Gasteiger partial charge is 0.278 e. The number of amides is 2. The molecule has 5 heteroatoms. The molecule has 1 aliphatic heterocycles. The molecule has 146 valence electrons. The van der Waals surface area contributed by atoms with Crippen LogP contribution in [-0.2, 0) is 9.59 Å². The van der Waals surface area contributed by atoms with Crippen molar-refractivity contribution in [3.63, 3.8) is 0 Å². The molecule has 0 saturated carbocycles. The van der Waals surface area contributed by atoms with Crippen molar-refractivity contribution < 1.29 is 14.3 Å². The van der Waals surface area contributed by atoms with Crippen LogP contribution in [0.3, 0.4) is 0 Å². The molecular formula is C23H26N2O3. The van der Waals surface area contributed by atoms with Crippen LogP contribution in [0, 0.1) is 13.8 Å². The Bertz CT molecular complexity index is 909. The van der Waals surface area contributed by atoms with Gasteiger partial charge in [-0.2, -0.15) is 0 Å². The molecule has 0 fully saturated rings. The van der Waals surface area contributed by atoms with Gasteiger partial charge in [-0.1, -0.05) is 25.1 Å². The van der Waals surface area contributed by atoms with Gasteiger partial charge in [0.1, 0.15) is 11.4 Å². The zero-order chi connectivity index (χ0) is 20.3. The number of hydrogen-bond acceptors (Lipinski definition) is 4. The molecule has 1 heterocycles. The van der Waals surface area contributed by atoms with Crippen LogP contribution in [0.2, 0.25) is 0 Å². The molecule has 0 aromatic heterocycles. The maximum Gasteiger partial charge on any atom is 0.278 e. The first-order chi connectivity index (χ1) is 13.4. The number of nitrogens with one attached hydrogen (secondary N) is 1. The van der Waals surface area contributed by atoms with Crippen LogP contribution in [-0.4, -0.2) is 29.9 Å². The van der Waals surface area contributed by atoms with Gasteiger partial charge in [0.15, 0.2) is 0 Å². The van der Waals surface area contributed by atoms with Crippen molar-refractivity contribution in [2.75, 3.05) is 18.5 Å². The molecule has 0 radical (unpaired) electrons. The first kappa shape index (κ1) is 19.7. The van der Waals surface area contributed by atoms with Gasteiger partial charge >= 0.3 is 0 Å². The minimum absolute atomic E-state index is 0.276. The Morgan fingerprint density at radius 1 is 0.929 bits per heavy atom. The summed E-state index contributed by atoms with van der Waals surface area (Å²) in [5.41, 5.74) is 4.39. The van der Waals surface area contributed by atoms with Crippen molar-refractivity contribution in [2.45, 2.75) is 34.1 Å². The zero-order valence-electron chi connectivity index (χ0n) is 16.8. The lowest BCUT2D eigenvalue weighted by molar-refractivity contribution is -0.136. The van der Waals surface area contributed by atoms with Crippen LogP contribution in [0.5, 0.6) is 5.75 Å². The summed E-state index contributed by atoms with van der Waals surface area (Å²) in [6.45, 7) is 8.82. The van der Waals surface area contributed by atoms with Crippen molar-refractivity contribution in [3.05, 3.63) is 64.9 Å². The Kier molecular flexibility index (Phi) is 5.83. The molecule has 2 aromatic rings. The molecule has 1 N–H and O–H groups in total. The predicted octanol–water partition coefficient (Wildman–Crippen LogP) is 4.30. The van der Waals surface area contributed by atoms with Crippen molar-refractivity contribution in [3.8, 4) is 5.75 Å². The van der Waals surface area contributed by atoms with E-state index in [1.807, 2.05) is 57.2 Å². The van der Waals surface area contributed by atoms with Gasteiger partial charge in [0, 0.05) is 12.2 Å². The summed E-state index contributed by atoms with van der Waals surface area (Å²) in [4.78, 5) is 27.1. The van der Waals surface area contributed by atoms with Crippen LogP contribution < -0.4 is 10.1 Å². The summed E-state index contributed by atoms with van der Waals surface area (Å²) in [5, 5.41) is 3.20. The second kappa shape index (κ2) is 8.30. The minimum atomic E-state index is -0.298. The quantitative estimate of drug-likeness (QED) is 0.730. The molecule has 0 spiro atoms. The maximum atomic E-state index is 12.9. The van der Waals surface area contributed by atoms with Gasteiger partial charge < -0.3 is 10.1 Å². The summed E-state index contributed by atoms with van der Waals surface area (Å²) < 4.78 is 5.62. The normalized spacial score (nSPS) is 14.1. The van der Waals surface area contributed by atoms with Gasteiger partial charge in [-0.3, -0.25) is 14.5 Å². The predicted molar refractivity (Wildman–Crippen MR) is 111 cm³/mol. The monoisotopic (exact) mass is 378 g/mol. The molecule has 0 unspecified atom stereocenters. The number of likely N-dealkylation sites (N-methyl/N-ethyl adjacent to an activating group) is 1. The van der Waals surface area contributed by atoms with E-state index in [4.69, 9.17) is 4.74 Å². The van der Waals surface area contributed by atoms with Crippen LogP contribution >= 0.6 is 0 Å². The third-order valence-corrected chi connectivity index (χ3v) is 4.59. The fourth-order valence-electron chi connectivity index (χ4n) is 3.38. The standard InChI is InChI=1S/C23H26N2O3/c1-5-11-28-19-9-7-17(8-10-19)20-21(23(27)25(6-2)22(20)26)24-18-13-15(3)12-16(4)14-18/h7-10,12-14,24H,5-6,11H2,1-4H3. The first-order valence-electron chi connectivity index (χ1n) is 9.63. The van der Waals surface area contributed by atoms with E-state index in [-0.39, 0.29) is 11.8 Å². The van der Waals surface area contributed by atoms with Crippen LogP contribution in [0.15, 0.2) is 48.2 Å². The number of aryl methyl sites for hydroxylation is 2. The van der Waals surface area contributed by atoms with Crippen molar-refractivity contribution in [1.82, 2.24) is 4.90 Å². The lowest BCUT2D eigenvalue weighted by Crippen LogP contribution is -2.32. The van der Waals surface area contributed by atoms with Crippen LogP contribution in [0.25, 0.3) is 5.57 Å². The van der Waals surface area contributed by atoms with Crippen molar-refractivity contribution >= 4 is 23.1 Å². The average Bonchev–Trinajstić information content (AvgIpc) is 2.89. The molecule has 28 heavy (non-hydrogen) atoms. The highest BCUT2D eigenvalue weighted by Gasteiger charge is 2.38. The number of anilines is 1. The Hall–Kier alpha value is -3.08. The van der Waals surface area contributed by atoms with Gasteiger partial charge in [0.05, 0.1) is 12.2 Å². The summed E-state index contributed by atoms with van der Waals surface area (Å²) in [7, 11) is 0. The van der Waals surface area contributed by atoms with Gasteiger partial charge in [-0.05, 0) is 68.1 Å². The Labute approximate surface area is 166 Å². The number of benzene rings is 2. The van der Waals surface area contributed by atoms with E-state index in [1.165, 1.54) is 4.90 Å². The molecular weight excluding hydrogens is 352 g/mol. The SMILES string of the molecule is CCCOc1ccc(C2=C(Nc3cc(C)cc(C)c3)C(=O)N(CC)C2=O)cc1. The third-order valence-electron chi connectivity index (χ3n) is 4.59. The molecule has 1 aliphatic rings. The fraction of sp³-hybridized carbons (Fsp3) is 0.304. The Morgan fingerprint density at radius 3 is 2.14 bits per heavy atom. The zero-order valence-corrected chi connectivity index (χ0v) is 16.8. The summed E-state index contributed by atoms with van der Waals surface area (Å²) >= 11 is 0. The van der Waals surface area contributed by atoms with E-state index < -0.39 is 0 Å². The summed E-state index contributed by atoms with van der Waals surface area (Å²) in [5.74, 6) is 0.175. The number of nitrogens with zero attached hydrogens (tertiary/aromatic N) is 1. The second-order valence-corrected chi connectivity index (χ2v) is 6.98. The maximum absolute atomic E-state index is 12.9. The van der Waals surface area contributed by atoms with Crippen molar-refractivity contribution in [1.29, 1.82) is 0 Å². The highest BCUT2D eigenvalue weighted by molar-refractivity contribution is 6.36.